The normalized spacial score (nSPS) is 11.1. The topological polar surface area (TPSA) is 104 Å². The van der Waals surface area contributed by atoms with Crippen LogP contribution in [0.2, 0.25) is 0 Å². The molecule has 0 spiro atoms. The molecule has 1 aromatic rings. The summed E-state index contributed by atoms with van der Waals surface area (Å²) in [7, 11) is 0. The minimum atomic E-state index is -1.24. The third-order valence-electron chi connectivity index (χ3n) is 3.04. The number of carboxylic acids is 1. The van der Waals surface area contributed by atoms with Crippen molar-refractivity contribution in [1.29, 1.82) is 0 Å². The Bertz CT molecular complexity index is 452. The maximum Gasteiger partial charge on any atom is 0.329 e. The van der Waals surface area contributed by atoms with Gasteiger partial charge in [0.2, 0.25) is 5.89 Å². The molecule has 0 aliphatic carbocycles. The van der Waals surface area contributed by atoms with Crippen molar-refractivity contribution in [3.8, 4) is 0 Å². The number of aryl methyl sites for hydroxylation is 1. The lowest BCUT2D eigenvalue weighted by Crippen LogP contribution is -2.56. The van der Waals surface area contributed by atoms with Crippen LogP contribution in [0, 0.1) is 6.92 Å². The van der Waals surface area contributed by atoms with E-state index >= 15 is 0 Å². The van der Waals surface area contributed by atoms with Crippen molar-refractivity contribution in [2.75, 3.05) is 0 Å². The first-order chi connectivity index (χ1) is 8.93. The molecule has 0 radical (unpaired) electrons. The number of hydrogen-bond donors (Lipinski definition) is 3. The highest BCUT2D eigenvalue weighted by Crippen LogP contribution is 2.15. The van der Waals surface area contributed by atoms with E-state index in [0.29, 0.717) is 24.5 Å². The van der Waals surface area contributed by atoms with Gasteiger partial charge in [0.1, 0.15) is 11.3 Å². The molecule has 1 aromatic heterocycles. The molecule has 0 saturated heterocycles. The molecule has 2 amide bonds. The molecule has 0 fully saturated rings. The molecular weight excluding hydrogens is 250 g/mol. The molecule has 0 bridgehead atoms. The second kappa shape index (κ2) is 6.21. The van der Waals surface area contributed by atoms with Crippen LogP contribution in [0.25, 0.3) is 0 Å². The standard InChI is InChI=1S/C12H19N3O4/c1-4-12(5-2,10(16)17)15-11(18)14-7-9-13-6-8(3)19-9/h6H,4-5,7H2,1-3H3,(H,16,17)(H2,14,15,18). The van der Waals surface area contributed by atoms with Crippen LogP contribution < -0.4 is 10.6 Å². The first-order valence-corrected chi connectivity index (χ1v) is 6.14. The monoisotopic (exact) mass is 269 g/mol. The fourth-order valence-corrected chi connectivity index (χ4v) is 1.68. The smallest absolute Gasteiger partial charge is 0.329 e. The van der Waals surface area contributed by atoms with Crippen molar-refractivity contribution in [3.05, 3.63) is 17.8 Å². The Balaban J connectivity index is 2.56. The Hall–Kier alpha value is -2.05. The zero-order chi connectivity index (χ0) is 14.5. The minimum absolute atomic E-state index is 0.114. The minimum Gasteiger partial charge on any atom is -0.480 e. The van der Waals surface area contributed by atoms with Gasteiger partial charge >= 0.3 is 12.0 Å². The van der Waals surface area contributed by atoms with Gasteiger partial charge in [-0.05, 0) is 19.8 Å². The van der Waals surface area contributed by atoms with Crippen LogP contribution in [0.1, 0.15) is 38.3 Å². The number of nitrogens with one attached hydrogen (secondary N) is 2. The van der Waals surface area contributed by atoms with Crippen molar-refractivity contribution < 1.29 is 19.1 Å². The predicted molar refractivity (Wildman–Crippen MR) is 67.6 cm³/mol. The first-order valence-electron chi connectivity index (χ1n) is 6.14. The molecule has 1 heterocycles. The van der Waals surface area contributed by atoms with E-state index < -0.39 is 17.5 Å². The third kappa shape index (κ3) is 3.70. The molecule has 0 saturated carbocycles. The van der Waals surface area contributed by atoms with Crippen LogP contribution in [0.3, 0.4) is 0 Å². The van der Waals surface area contributed by atoms with Crippen molar-refractivity contribution in [2.45, 2.75) is 45.7 Å². The largest absolute Gasteiger partial charge is 0.480 e. The molecule has 1 rings (SSSR count). The zero-order valence-electron chi connectivity index (χ0n) is 11.3. The van der Waals surface area contributed by atoms with Gasteiger partial charge in [-0.3, -0.25) is 0 Å². The molecule has 0 aliphatic rings. The Morgan fingerprint density at radius 3 is 2.47 bits per heavy atom. The van der Waals surface area contributed by atoms with Crippen molar-refractivity contribution >= 4 is 12.0 Å². The Labute approximate surface area is 111 Å². The van der Waals surface area contributed by atoms with E-state index in [-0.39, 0.29) is 6.54 Å². The zero-order valence-corrected chi connectivity index (χ0v) is 11.3. The Morgan fingerprint density at radius 2 is 2.05 bits per heavy atom. The van der Waals surface area contributed by atoms with Gasteiger partial charge in [0.25, 0.3) is 0 Å². The third-order valence-corrected chi connectivity index (χ3v) is 3.04. The van der Waals surface area contributed by atoms with Crippen LogP contribution in [0.5, 0.6) is 0 Å². The van der Waals surface area contributed by atoms with Crippen LogP contribution in [-0.4, -0.2) is 27.6 Å². The number of amides is 2. The molecule has 7 heteroatoms. The van der Waals surface area contributed by atoms with E-state index in [0.717, 1.165) is 0 Å². The van der Waals surface area contributed by atoms with E-state index in [1.807, 2.05) is 0 Å². The van der Waals surface area contributed by atoms with E-state index in [4.69, 9.17) is 4.42 Å². The highest BCUT2D eigenvalue weighted by molar-refractivity contribution is 5.86. The van der Waals surface area contributed by atoms with Crippen LogP contribution >= 0.6 is 0 Å². The molecule has 0 aliphatic heterocycles. The Morgan fingerprint density at radius 1 is 1.42 bits per heavy atom. The highest BCUT2D eigenvalue weighted by atomic mass is 16.4. The van der Waals surface area contributed by atoms with Gasteiger partial charge in [-0.2, -0.15) is 0 Å². The van der Waals surface area contributed by atoms with Gasteiger partial charge in [-0.15, -0.1) is 0 Å². The van der Waals surface area contributed by atoms with E-state index in [1.165, 1.54) is 0 Å². The Kier molecular flexibility index (Phi) is 4.91. The van der Waals surface area contributed by atoms with Gasteiger partial charge in [-0.1, -0.05) is 13.8 Å². The summed E-state index contributed by atoms with van der Waals surface area (Å²) in [5.41, 5.74) is -1.24. The fourth-order valence-electron chi connectivity index (χ4n) is 1.68. The number of hydrogen-bond acceptors (Lipinski definition) is 4. The number of urea groups is 1. The summed E-state index contributed by atoms with van der Waals surface area (Å²) in [6.45, 7) is 5.30. The number of carbonyl (C=O) groups is 2. The second-order valence-corrected chi connectivity index (χ2v) is 4.27. The number of carboxylic acid groups (broad SMARTS) is 1. The van der Waals surface area contributed by atoms with Crippen LogP contribution in [0.15, 0.2) is 10.6 Å². The molecular formula is C12H19N3O4. The van der Waals surface area contributed by atoms with Gasteiger partial charge in [0, 0.05) is 0 Å². The number of aromatic nitrogens is 1. The summed E-state index contributed by atoms with van der Waals surface area (Å²) >= 11 is 0. The van der Waals surface area contributed by atoms with Crippen molar-refractivity contribution in [2.24, 2.45) is 0 Å². The summed E-state index contributed by atoms with van der Waals surface area (Å²) in [5, 5.41) is 14.2. The molecule has 0 unspecified atom stereocenters. The summed E-state index contributed by atoms with van der Waals surface area (Å²) < 4.78 is 5.19. The summed E-state index contributed by atoms with van der Waals surface area (Å²) in [6.07, 6.45) is 2.17. The van der Waals surface area contributed by atoms with Gasteiger partial charge in [-0.25, -0.2) is 14.6 Å². The number of carbonyl (C=O) groups excluding carboxylic acids is 1. The summed E-state index contributed by atoms with van der Waals surface area (Å²) in [5.74, 6) is -0.0135. The molecule has 0 aromatic carbocycles. The van der Waals surface area contributed by atoms with E-state index in [1.54, 1.807) is 27.0 Å². The SMILES string of the molecule is CCC(CC)(NC(=O)NCc1ncc(C)o1)C(=O)O. The number of nitrogens with zero attached hydrogens (tertiary/aromatic N) is 1. The summed E-state index contributed by atoms with van der Waals surface area (Å²) in [4.78, 5) is 26.9. The molecule has 19 heavy (non-hydrogen) atoms. The number of aliphatic carboxylic acids is 1. The quantitative estimate of drug-likeness (QED) is 0.724. The fraction of sp³-hybridized carbons (Fsp3) is 0.583. The van der Waals surface area contributed by atoms with Crippen LogP contribution in [0.4, 0.5) is 4.79 Å². The average molecular weight is 269 g/mol. The lowest BCUT2D eigenvalue weighted by molar-refractivity contribution is -0.144. The highest BCUT2D eigenvalue weighted by Gasteiger charge is 2.36. The van der Waals surface area contributed by atoms with E-state index in [2.05, 4.69) is 15.6 Å². The van der Waals surface area contributed by atoms with Crippen molar-refractivity contribution in [3.63, 3.8) is 0 Å². The molecule has 3 N–H and O–H groups in total. The van der Waals surface area contributed by atoms with Gasteiger partial charge in [0.05, 0.1) is 12.7 Å². The lowest BCUT2D eigenvalue weighted by Gasteiger charge is -2.27. The lowest BCUT2D eigenvalue weighted by atomic mass is 9.93. The predicted octanol–water partition coefficient (Wildman–Crippen LogP) is 1.43. The van der Waals surface area contributed by atoms with E-state index in [9.17, 15) is 14.7 Å². The van der Waals surface area contributed by atoms with Gasteiger partial charge < -0.3 is 20.2 Å². The maximum atomic E-state index is 11.7. The maximum absolute atomic E-state index is 11.7. The molecule has 106 valence electrons. The summed E-state index contributed by atoms with van der Waals surface area (Å²) in [6, 6.07) is -0.554. The van der Waals surface area contributed by atoms with Crippen molar-refractivity contribution in [1.82, 2.24) is 15.6 Å². The average Bonchev–Trinajstić information content (AvgIpc) is 2.79. The molecule has 7 nitrogen and oxygen atoms in total. The second-order valence-electron chi connectivity index (χ2n) is 4.27. The number of oxazole rings is 1. The number of rotatable bonds is 6. The van der Waals surface area contributed by atoms with Crippen LogP contribution in [-0.2, 0) is 11.3 Å². The van der Waals surface area contributed by atoms with Gasteiger partial charge in [0.15, 0.2) is 0 Å². The molecule has 0 atom stereocenters. The first kappa shape index (κ1) is 15.0.